The van der Waals surface area contributed by atoms with Crippen LogP contribution >= 0.6 is 0 Å². The highest BCUT2D eigenvalue weighted by atomic mass is 32.2. The first-order chi connectivity index (χ1) is 11.9. The fraction of sp³-hybridized carbons (Fsp3) is 0.562. The number of halogens is 1. The number of hydrogen-bond acceptors (Lipinski definition) is 5. The van der Waals surface area contributed by atoms with Crippen LogP contribution in [0.4, 0.5) is 4.39 Å². The van der Waals surface area contributed by atoms with Gasteiger partial charge in [0.15, 0.2) is 0 Å². The zero-order valence-corrected chi connectivity index (χ0v) is 15.0. The van der Waals surface area contributed by atoms with Crippen molar-refractivity contribution in [2.75, 3.05) is 39.4 Å². The van der Waals surface area contributed by atoms with E-state index in [1.165, 1.54) is 6.92 Å². The lowest BCUT2D eigenvalue weighted by atomic mass is 10.3. The van der Waals surface area contributed by atoms with E-state index >= 15 is 0 Å². The SMILES string of the molecule is C[C@H](NS(=O)(=O)c1ccc(F)cc1)C(=O)NCCCN1CCOCC1. The summed E-state index contributed by atoms with van der Waals surface area (Å²) in [5, 5.41) is 2.72. The summed E-state index contributed by atoms with van der Waals surface area (Å²) in [5.41, 5.74) is 0. The van der Waals surface area contributed by atoms with Gasteiger partial charge in [0.2, 0.25) is 15.9 Å². The zero-order valence-electron chi connectivity index (χ0n) is 14.2. The Morgan fingerprint density at radius 3 is 2.56 bits per heavy atom. The molecule has 0 bridgehead atoms. The Morgan fingerprint density at radius 1 is 1.28 bits per heavy atom. The molecule has 0 radical (unpaired) electrons. The van der Waals surface area contributed by atoms with Gasteiger partial charge in [0.25, 0.3) is 0 Å². The van der Waals surface area contributed by atoms with Crippen molar-refractivity contribution < 1.29 is 22.3 Å². The molecule has 0 spiro atoms. The van der Waals surface area contributed by atoms with Gasteiger partial charge >= 0.3 is 0 Å². The van der Waals surface area contributed by atoms with Crippen LogP contribution in [0.3, 0.4) is 0 Å². The molecule has 1 aliphatic heterocycles. The Morgan fingerprint density at radius 2 is 1.92 bits per heavy atom. The second-order valence-electron chi connectivity index (χ2n) is 5.90. The molecular weight excluding hydrogens is 349 g/mol. The molecule has 2 N–H and O–H groups in total. The van der Waals surface area contributed by atoms with Gasteiger partial charge in [-0.25, -0.2) is 12.8 Å². The number of morpholine rings is 1. The Labute approximate surface area is 147 Å². The maximum atomic E-state index is 12.9. The number of sulfonamides is 1. The van der Waals surface area contributed by atoms with E-state index in [0.29, 0.717) is 6.54 Å². The van der Waals surface area contributed by atoms with E-state index in [1.807, 2.05) is 0 Å². The molecule has 9 heteroatoms. The number of amides is 1. The van der Waals surface area contributed by atoms with Gasteiger partial charge in [0, 0.05) is 19.6 Å². The minimum absolute atomic E-state index is 0.0825. The number of nitrogens with zero attached hydrogens (tertiary/aromatic N) is 1. The van der Waals surface area contributed by atoms with Crippen molar-refractivity contribution in [2.45, 2.75) is 24.3 Å². The number of benzene rings is 1. The number of rotatable bonds is 8. The number of hydrogen-bond donors (Lipinski definition) is 2. The molecule has 0 aliphatic carbocycles. The van der Waals surface area contributed by atoms with Crippen LogP contribution in [0.1, 0.15) is 13.3 Å². The third-order valence-corrected chi connectivity index (χ3v) is 5.46. The molecule has 1 aromatic rings. The first-order valence-corrected chi connectivity index (χ1v) is 9.72. The maximum Gasteiger partial charge on any atom is 0.241 e. The Kier molecular flexibility index (Phi) is 7.30. The van der Waals surface area contributed by atoms with E-state index in [1.54, 1.807) is 0 Å². The van der Waals surface area contributed by atoms with E-state index in [4.69, 9.17) is 4.74 Å². The van der Waals surface area contributed by atoms with Crippen LogP contribution in [0.2, 0.25) is 0 Å². The quantitative estimate of drug-likeness (QED) is 0.642. The fourth-order valence-corrected chi connectivity index (χ4v) is 3.66. The van der Waals surface area contributed by atoms with Crippen molar-refractivity contribution >= 4 is 15.9 Å². The topological polar surface area (TPSA) is 87.7 Å². The van der Waals surface area contributed by atoms with Gasteiger partial charge in [-0.15, -0.1) is 0 Å². The highest BCUT2D eigenvalue weighted by Gasteiger charge is 2.21. The molecule has 140 valence electrons. The molecule has 2 rings (SSSR count). The van der Waals surface area contributed by atoms with E-state index in [2.05, 4.69) is 14.9 Å². The number of ether oxygens (including phenoxy) is 1. The summed E-state index contributed by atoms with van der Waals surface area (Å²) in [5.74, 6) is -0.919. The van der Waals surface area contributed by atoms with Crippen molar-refractivity contribution in [1.29, 1.82) is 0 Å². The largest absolute Gasteiger partial charge is 0.379 e. The third kappa shape index (κ3) is 6.35. The normalized spacial score (nSPS) is 17.2. The Hall–Kier alpha value is -1.55. The predicted molar refractivity (Wildman–Crippen MR) is 91.1 cm³/mol. The van der Waals surface area contributed by atoms with Gasteiger partial charge < -0.3 is 10.1 Å². The van der Waals surface area contributed by atoms with Crippen LogP contribution in [-0.4, -0.2) is 64.7 Å². The number of nitrogens with one attached hydrogen (secondary N) is 2. The standard InChI is InChI=1S/C16H24FN3O4S/c1-13(19-25(22,23)15-5-3-14(17)4-6-15)16(21)18-7-2-8-20-9-11-24-12-10-20/h3-6,13,19H,2,7-12H2,1H3,(H,18,21)/t13-/m0/s1. The molecular formula is C16H24FN3O4S. The Bertz CT molecular complexity index is 660. The molecule has 1 aliphatic rings. The zero-order chi connectivity index (χ0) is 18.3. The smallest absolute Gasteiger partial charge is 0.241 e. The summed E-state index contributed by atoms with van der Waals surface area (Å²) in [4.78, 5) is 14.2. The first kappa shape index (κ1) is 19.8. The summed E-state index contributed by atoms with van der Waals surface area (Å²) in [6.07, 6.45) is 0.781. The van der Waals surface area contributed by atoms with Crippen molar-refractivity contribution in [3.8, 4) is 0 Å². The van der Waals surface area contributed by atoms with Crippen LogP contribution in [-0.2, 0) is 19.6 Å². The lowest BCUT2D eigenvalue weighted by Gasteiger charge is -2.26. The third-order valence-electron chi connectivity index (χ3n) is 3.90. The van der Waals surface area contributed by atoms with Crippen LogP contribution in [0.15, 0.2) is 29.2 Å². The molecule has 1 aromatic carbocycles. The Balaban J connectivity index is 1.74. The lowest BCUT2D eigenvalue weighted by molar-refractivity contribution is -0.122. The van der Waals surface area contributed by atoms with Crippen LogP contribution in [0.25, 0.3) is 0 Å². The molecule has 0 aromatic heterocycles. The molecule has 0 saturated carbocycles. The minimum atomic E-state index is -3.87. The van der Waals surface area contributed by atoms with Gasteiger partial charge in [-0.1, -0.05) is 0 Å². The fourth-order valence-electron chi connectivity index (χ4n) is 2.46. The van der Waals surface area contributed by atoms with E-state index in [0.717, 1.165) is 63.5 Å². The van der Waals surface area contributed by atoms with Crippen LogP contribution in [0, 0.1) is 5.82 Å². The van der Waals surface area contributed by atoms with Gasteiger partial charge in [-0.2, -0.15) is 4.72 Å². The van der Waals surface area contributed by atoms with Gasteiger partial charge in [0.1, 0.15) is 5.82 Å². The summed E-state index contributed by atoms with van der Waals surface area (Å²) >= 11 is 0. The highest BCUT2D eigenvalue weighted by molar-refractivity contribution is 7.89. The van der Waals surface area contributed by atoms with Crippen molar-refractivity contribution in [3.05, 3.63) is 30.1 Å². The first-order valence-electron chi connectivity index (χ1n) is 8.24. The molecule has 1 fully saturated rings. The minimum Gasteiger partial charge on any atom is -0.379 e. The molecule has 0 unspecified atom stereocenters. The van der Waals surface area contributed by atoms with E-state index in [9.17, 15) is 17.6 Å². The lowest BCUT2D eigenvalue weighted by Crippen LogP contribution is -2.45. The number of carbonyl (C=O) groups is 1. The highest BCUT2D eigenvalue weighted by Crippen LogP contribution is 2.10. The molecule has 1 heterocycles. The van der Waals surface area contributed by atoms with E-state index in [-0.39, 0.29) is 4.90 Å². The monoisotopic (exact) mass is 373 g/mol. The predicted octanol–water partition coefficient (Wildman–Crippen LogP) is 0.331. The maximum absolute atomic E-state index is 12.9. The van der Waals surface area contributed by atoms with Crippen LogP contribution < -0.4 is 10.0 Å². The van der Waals surface area contributed by atoms with Crippen molar-refractivity contribution in [1.82, 2.24) is 14.9 Å². The average molecular weight is 373 g/mol. The summed E-state index contributed by atoms with van der Waals surface area (Å²) in [6, 6.07) is 3.52. The second-order valence-corrected chi connectivity index (χ2v) is 7.61. The molecule has 1 amide bonds. The number of carbonyl (C=O) groups excluding carboxylic acids is 1. The molecule has 1 saturated heterocycles. The summed E-state index contributed by atoms with van der Waals surface area (Å²) < 4.78 is 44.8. The van der Waals surface area contributed by atoms with Crippen molar-refractivity contribution in [2.24, 2.45) is 0 Å². The molecule has 1 atom stereocenters. The van der Waals surface area contributed by atoms with Gasteiger partial charge in [-0.05, 0) is 44.2 Å². The van der Waals surface area contributed by atoms with Gasteiger partial charge in [0.05, 0.1) is 24.2 Å². The second kappa shape index (κ2) is 9.23. The van der Waals surface area contributed by atoms with Crippen LogP contribution in [0.5, 0.6) is 0 Å². The average Bonchev–Trinajstić information content (AvgIpc) is 2.59. The molecule has 7 nitrogen and oxygen atoms in total. The van der Waals surface area contributed by atoms with Gasteiger partial charge in [-0.3, -0.25) is 9.69 Å². The van der Waals surface area contributed by atoms with Crippen molar-refractivity contribution in [3.63, 3.8) is 0 Å². The summed E-state index contributed by atoms with van der Waals surface area (Å²) in [6.45, 7) is 6.04. The molecule has 25 heavy (non-hydrogen) atoms. The van der Waals surface area contributed by atoms with E-state index < -0.39 is 27.8 Å². The summed E-state index contributed by atoms with van der Waals surface area (Å²) in [7, 11) is -3.87.